The lowest BCUT2D eigenvalue weighted by molar-refractivity contribution is 0.440. The average molecular weight is 293 g/mol. The molecule has 0 heterocycles. The van der Waals surface area contributed by atoms with Gasteiger partial charge in [-0.1, -0.05) is 11.7 Å². The smallest absolute Gasteiger partial charge is 0.399 e. The predicted molar refractivity (Wildman–Crippen MR) is 52.6 cm³/mol. The van der Waals surface area contributed by atoms with E-state index in [0.29, 0.717) is 5.69 Å². The van der Waals surface area contributed by atoms with Crippen molar-refractivity contribution in [2.45, 2.75) is 0 Å². The Morgan fingerprint density at radius 1 is 0.941 bits per heavy atom. The number of rotatable bonds is 2. The first-order valence-corrected chi connectivity index (χ1v) is 6.20. The maximum absolute atomic E-state index is 11.9. The van der Waals surface area contributed by atoms with E-state index in [1.165, 1.54) is 24.3 Å². The first kappa shape index (κ1) is 15.5. The van der Waals surface area contributed by atoms with Gasteiger partial charge >= 0.3 is 21.1 Å². The molecule has 6 nitrogen and oxygen atoms in total. The van der Waals surface area contributed by atoms with Crippen LogP contribution in [-0.2, 0) is 21.1 Å². The molecule has 17 heavy (non-hydrogen) atoms. The zero-order valence-electron chi connectivity index (χ0n) is 7.88. The largest absolute Gasteiger partial charge is 0.488 e. The van der Waals surface area contributed by atoms with Gasteiger partial charge in [-0.2, -0.15) is 16.8 Å². The molecule has 0 unspecified atom stereocenters. The fourth-order valence-electron chi connectivity index (χ4n) is 0.638. The highest BCUT2D eigenvalue weighted by Crippen LogP contribution is 2.15. The van der Waals surface area contributed by atoms with E-state index < -0.39 is 21.1 Å². The second-order valence-electron chi connectivity index (χ2n) is 2.42. The van der Waals surface area contributed by atoms with Crippen LogP contribution in [0.3, 0.4) is 0 Å². The fourth-order valence-corrected chi connectivity index (χ4v) is 0.979. The van der Waals surface area contributed by atoms with E-state index in [-0.39, 0.29) is 5.75 Å². The normalized spacial score (nSPS) is 11.2. The van der Waals surface area contributed by atoms with Gasteiger partial charge in [0.2, 0.25) is 0 Å². The summed E-state index contributed by atoms with van der Waals surface area (Å²) < 4.78 is 72.3. The van der Waals surface area contributed by atoms with E-state index in [2.05, 4.69) is 4.18 Å². The van der Waals surface area contributed by atoms with Gasteiger partial charge < -0.3 is 9.92 Å². The lowest BCUT2D eigenvalue weighted by atomic mass is 10.3. The number of hydrogen-bond donors (Lipinski definition) is 1. The molecule has 1 aromatic carbocycles. The van der Waals surface area contributed by atoms with Crippen LogP contribution in [0.4, 0.5) is 17.3 Å². The van der Waals surface area contributed by atoms with Gasteiger partial charge in [-0.05, 0) is 24.3 Å². The summed E-state index contributed by atoms with van der Waals surface area (Å²) in [5.41, 5.74) is 5.73. The summed E-state index contributed by atoms with van der Waals surface area (Å²) in [6.45, 7) is 0. The summed E-state index contributed by atoms with van der Waals surface area (Å²) in [6.07, 6.45) is 0. The van der Waals surface area contributed by atoms with Gasteiger partial charge in [0.05, 0.1) is 0 Å². The van der Waals surface area contributed by atoms with Crippen LogP contribution in [0.25, 0.3) is 0 Å². The molecule has 11 heteroatoms. The molecular formula is C6H6F3NO5S2. The quantitative estimate of drug-likeness (QED) is 0.645. The van der Waals surface area contributed by atoms with Crippen molar-refractivity contribution in [3.05, 3.63) is 24.3 Å². The monoisotopic (exact) mass is 293 g/mol. The van der Waals surface area contributed by atoms with E-state index in [4.69, 9.17) is 14.2 Å². The summed E-state index contributed by atoms with van der Waals surface area (Å²) in [5, 5.41) is 0. The molecule has 0 amide bonds. The van der Waals surface area contributed by atoms with E-state index in [1.807, 2.05) is 0 Å². The minimum absolute atomic E-state index is 0.105. The summed E-state index contributed by atoms with van der Waals surface area (Å²) in [6, 6.07) is 5.32. The van der Waals surface area contributed by atoms with Crippen LogP contribution in [-0.4, -0.2) is 16.8 Å². The minimum Gasteiger partial charge on any atom is -0.399 e. The lowest BCUT2D eigenvalue weighted by Gasteiger charge is -1.98. The van der Waals surface area contributed by atoms with Gasteiger partial charge in [0.1, 0.15) is 5.75 Å². The molecule has 0 bridgehead atoms. The number of halogens is 3. The van der Waals surface area contributed by atoms with Gasteiger partial charge in [-0.25, -0.2) is 0 Å². The SMILES string of the molecule is Nc1ccc(OS(=O)(=O)F)cc1.O=S(=O)(F)F. The Bertz CT molecular complexity index is 546. The lowest BCUT2D eigenvalue weighted by Crippen LogP contribution is -2.00. The van der Waals surface area contributed by atoms with Crippen LogP contribution < -0.4 is 9.92 Å². The van der Waals surface area contributed by atoms with E-state index in [0.717, 1.165) is 0 Å². The third-order valence-corrected chi connectivity index (χ3v) is 1.47. The zero-order valence-corrected chi connectivity index (χ0v) is 9.51. The van der Waals surface area contributed by atoms with Crippen molar-refractivity contribution in [1.82, 2.24) is 0 Å². The molecule has 0 aliphatic heterocycles. The molecule has 0 atom stereocenters. The molecule has 0 saturated heterocycles. The first-order chi connectivity index (χ1) is 7.47. The van der Waals surface area contributed by atoms with E-state index in [1.54, 1.807) is 0 Å². The molecule has 0 aromatic heterocycles. The topological polar surface area (TPSA) is 104 Å². The Labute approximate surface area is 95.7 Å². The predicted octanol–water partition coefficient (Wildman–Crippen LogP) is 1.03. The van der Waals surface area contributed by atoms with Gasteiger partial charge in [0.25, 0.3) is 0 Å². The average Bonchev–Trinajstić information content (AvgIpc) is 2.03. The van der Waals surface area contributed by atoms with Crippen LogP contribution in [0.15, 0.2) is 24.3 Å². The molecular weight excluding hydrogens is 287 g/mol. The van der Waals surface area contributed by atoms with Crippen LogP contribution in [0, 0.1) is 0 Å². The summed E-state index contributed by atoms with van der Waals surface area (Å²) in [7, 11) is -10.6. The Balaban J connectivity index is 0.000000437. The van der Waals surface area contributed by atoms with E-state index in [9.17, 15) is 20.1 Å². The molecule has 0 fully saturated rings. The molecule has 98 valence electrons. The summed E-state index contributed by atoms with van der Waals surface area (Å²) >= 11 is 0. The zero-order chi connectivity index (χ0) is 13.7. The molecule has 0 spiro atoms. The molecule has 1 aromatic rings. The maximum atomic E-state index is 11.9. The molecule has 0 saturated carbocycles. The molecule has 0 aliphatic carbocycles. The fraction of sp³-hybridized carbons (Fsp3) is 0. The van der Waals surface area contributed by atoms with Gasteiger partial charge in [0, 0.05) is 5.69 Å². The Morgan fingerprint density at radius 3 is 1.59 bits per heavy atom. The standard InChI is InChI=1S/C6H6FNO3S.F2O2S/c7-12(9,10)11-6-3-1-5(8)2-4-6;1-5(2,3)4/h1-4H,8H2;. The second kappa shape index (κ2) is 5.72. The second-order valence-corrected chi connectivity index (χ2v) is 4.13. The Kier molecular flexibility index (Phi) is 5.22. The minimum atomic E-state index is -5.67. The van der Waals surface area contributed by atoms with Crippen molar-refractivity contribution < 1.29 is 32.7 Å². The Morgan fingerprint density at radius 2 is 1.29 bits per heavy atom. The van der Waals surface area contributed by atoms with Gasteiger partial charge in [-0.15, -0.1) is 0 Å². The van der Waals surface area contributed by atoms with Crippen LogP contribution in [0.5, 0.6) is 5.75 Å². The van der Waals surface area contributed by atoms with Crippen LogP contribution >= 0.6 is 0 Å². The highest BCUT2D eigenvalue weighted by molar-refractivity contribution is 7.81. The number of nitrogens with two attached hydrogens (primary N) is 1. The highest BCUT2D eigenvalue weighted by atomic mass is 32.3. The van der Waals surface area contributed by atoms with Gasteiger partial charge in [-0.3, -0.25) is 0 Å². The molecule has 2 N–H and O–H groups in total. The highest BCUT2D eigenvalue weighted by Gasteiger charge is 2.08. The van der Waals surface area contributed by atoms with Crippen molar-refractivity contribution >= 4 is 26.8 Å². The third kappa shape index (κ3) is 12.4. The number of benzene rings is 1. The molecule has 0 aliphatic rings. The van der Waals surface area contributed by atoms with Crippen molar-refractivity contribution in [2.24, 2.45) is 0 Å². The van der Waals surface area contributed by atoms with Crippen molar-refractivity contribution in [1.29, 1.82) is 0 Å². The Hall–Kier alpha value is -1.49. The number of anilines is 1. The van der Waals surface area contributed by atoms with Crippen LogP contribution in [0.1, 0.15) is 0 Å². The molecule has 0 radical (unpaired) electrons. The number of hydrogen-bond acceptors (Lipinski definition) is 6. The summed E-state index contributed by atoms with van der Waals surface area (Å²) in [4.78, 5) is 0. The molecule has 1 rings (SSSR count). The third-order valence-electron chi connectivity index (χ3n) is 1.08. The van der Waals surface area contributed by atoms with Crippen molar-refractivity contribution in [2.75, 3.05) is 5.73 Å². The van der Waals surface area contributed by atoms with Crippen molar-refractivity contribution in [3.63, 3.8) is 0 Å². The van der Waals surface area contributed by atoms with E-state index >= 15 is 0 Å². The number of nitrogen functional groups attached to an aromatic ring is 1. The maximum Gasteiger partial charge on any atom is 0.488 e. The van der Waals surface area contributed by atoms with Gasteiger partial charge in [0.15, 0.2) is 0 Å². The van der Waals surface area contributed by atoms with Crippen LogP contribution in [0.2, 0.25) is 0 Å². The summed E-state index contributed by atoms with van der Waals surface area (Å²) in [5.74, 6) is -0.105. The first-order valence-electron chi connectivity index (χ1n) is 3.61. The van der Waals surface area contributed by atoms with Crippen molar-refractivity contribution in [3.8, 4) is 5.75 Å².